The zero-order valence-corrected chi connectivity index (χ0v) is 22.2. The smallest absolute Gasteiger partial charge is 0.280 e. The maximum atomic E-state index is 14.0. The highest BCUT2D eigenvalue weighted by molar-refractivity contribution is 5.69. The summed E-state index contributed by atoms with van der Waals surface area (Å²) in [4.78, 5) is 39.2. The molecule has 41 heavy (non-hydrogen) atoms. The first-order chi connectivity index (χ1) is 19.8. The Kier molecular flexibility index (Phi) is 6.35. The maximum Gasteiger partial charge on any atom is 0.280 e. The summed E-state index contributed by atoms with van der Waals surface area (Å²) in [7, 11) is 0. The van der Waals surface area contributed by atoms with Crippen molar-refractivity contribution in [2.75, 3.05) is 0 Å². The van der Waals surface area contributed by atoms with Crippen molar-refractivity contribution < 1.29 is 9.34 Å². The van der Waals surface area contributed by atoms with Crippen molar-refractivity contribution in [3.8, 4) is 22.7 Å². The van der Waals surface area contributed by atoms with Crippen molar-refractivity contribution in [2.45, 2.75) is 19.8 Å². The van der Waals surface area contributed by atoms with Crippen LogP contribution in [-0.4, -0.2) is 24.5 Å². The van der Waals surface area contributed by atoms with Crippen molar-refractivity contribution in [3.63, 3.8) is 0 Å². The van der Waals surface area contributed by atoms with E-state index in [0.717, 1.165) is 0 Å². The summed E-state index contributed by atoms with van der Waals surface area (Å²) in [5, 5.41) is 18.0. The largest absolute Gasteiger partial charge is 0.460 e. The van der Waals surface area contributed by atoms with E-state index in [9.17, 15) is 19.7 Å². The zero-order chi connectivity index (χ0) is 28.7. The van der Waals surface area contributed by atoms with Gasteiger partial charge in [-0.1, -0.05) is 48.5 Å². The number of H-pyrrole nitrogens is 2. The molecule has 10 heteroatoms. The molecule has 0 bridgehead atoms. The number of nitrogens with zero attached hydrogens (tertiary/aromatic N) is 3. The first-order valence-electron chi connectivity index (χ1n) is 12.9. The molecule has 0 aliphatic heterocycles. The fraction of sp³-hybridized carbons (Fsp3) is 0.0968. The fourth-order valence-electron chi connectivity index (χ4n) is 5.24. The topological polar surface area (TPSA) is 132 Å². The summed E-state index contributed by atoms with van der Waals surface area (Å²) in [6.45, 7) is 3.54. The standard InChI is InChI=1S/C31H25N5O5/c1-19-27(30(37)34(32-19)21-11-5-3-6-12-21)29(28-20(2)33-35(31(28)38)22-13-7-4-8-14-22)26-18-17-25(41-26)23-15-9-10-16-24(23)36(39)40/h3-18,29,32-33H,1-2H3. The second-order valence-electron chi connectivity index (χ2n) is 9.66. The molecule has 0 unspecified atom stereocenters. The van der Waals surface area contributed by atoms with Gasteiger partial charge in [-0.3, -0.25) is 29.9 Å². The van der Waals surface area contributed by atoms with Crippen molar-refractivity contribution in [1.82, 2.24) is 19.6 Å². The van der Waals surface area contributed by atoms with Gasteiger partial charge in [-0.2, -0.15) is 0 Å². The van der Waals surface area contributed by atoms with Crippen molar-refractivity contribution >= 4 is 5.69 Å². The number of benzene rings is 3. The number of aromatic nitrogens is 4. The summed E-state index contributed by atoms with van der Waals surface area (Å²) >= 11 is 0. The summed E-state index contributed by atoms with van der Waals surface area (Å²) in [5.74, 6) is -0.351. The number of hydrogen-bond donors (Lipinski definition) is 2. The molecule has 0 atom stereocenters. The summed E-state index contributed by atoms with van der Waals surface area (Å²) < 4.78 is 9.12. The number of aromatic amines is 2. The van der Waals surface area contributed by atoms with Crippen LogP contribution in [0.4, 0.5) is 5.69 Å². The highest BCUT2D eigenvalue weighted by Crippen LogP contribution is 2.37. The first kappa shape index (κ1) is 25.6. The highest BCUT2D eigenvalue weighted by atomic mass is 16.6. The Morgan fingerprint density at radius 1 is 0.707 bits per heavy atom. The predicted molar refractivity (Wildman–Crippen MR) is 154 cm³/mol. The molecule has 0 spiro atoms. The van der Waals surface area contributed by atoms with Crippen LogP contribution in [0.25, 0.3) is 22.7 Å². The second kappa shape index (κ2) is 10.2. The van der Waals surface area contributed by atoms with E-state index in [0.29, 0.717) is 45.2 Å². The van der Waals surface area contributed by atoms with Gasteiger partial charge < -0.3 is 4.42 Å². The lowest BCUT2D eigenvalue weighted by molar-refractivity contribution is -0.384. The van der Waals surface area contributed by atoms with Crippen LogP contribution in [0.2, 0.25) is 0 Å². The van der Waals surface area contributed by atoms with E-state index >= 15 is 0 Å². The SMILES string of the molecule is Cc1[nH]n(-c2ccccc2)c(=O)c1C(c1ccc(-c2ccccc2[N+](=O)[O-])o1)c1c(C)[nH]n(-c2ccccc2)c1=O. The summed E-state index contributed by atoms with van der Waals surface area (Å²) in [6, 6.07) is 27.8. The van der Waals surface area contributed by atoms with E-state index in [4.69, 9.17) is 4.42 Å². The van der Waals surface area contributed by atoms with Crippen LogP contribution in [0.1, 0.15) is 34.2 Å². The molecule has 6 aromatic rings. The van der Waals surface area contributed by atoms with Crippen LogP contribution in [0, 0.1) is 24.0 Å². The van der Waals surface area contributed by atoms with Gasteiger partial charge in [0.1, 0.15) is 11.5 Å². The second-order valence-corrected chi connectivity index (χ2v) is 9.66. The normalized spacial score (nSPS) is 11.3. The predicted octanol–water partition coefficient (Wildman–Crippen LogP) is 5.61. The number of aryl methyl sites for hydroxylation is 2. The lowest BCUT2D eigenvalue weighted by Crippen LogP contribution is -2.25. The third-order valence-corrected chi connectivity index (χ3v) is 7.12. The van der Waals surface area contributed by atoms with Crippen molar-refractivity contribution in [3.05, 3.63) is 156 Å². The van der Waals surface area contributed by atoms with Gasteiger partial charge in [0.15, 0.2) is 0 Å². The van der Waals surface area contributed by atoms with Gasteiger partial charge in [-0.05, 0) is 56.3 Å². The Labute approximate surface area is 233 Å². The Morgan fingerprint density at radius 3 is 1.71 bits per heavy atom. The maximum absolute atomic E-state index is 14.0. The lowest BCUT2D eigenvalue weighted by Gasteiger charge is -2.13. The number of hydrogen-bond acceptors (Lipinski definition) is 5. The van der Waals surface area contributed by atoms with Crippen LogP contribution >= 0.6 is 0 Å². The Morgan fingerprint density at radius 2 is 1.20 bits per heavy atom. The van der Waals surface area contributed by atoms with E-state index in [2.05, 4.69) is 10.2 Å². The number of rotatable bonds is 7. The molecule has 10 nitrogen and oxygen atoms in total. The van der Waals surface area contributed by atoms with Crippen LogP contribution in [0.3, 0.4) is 0 Å². The molecular formula is C31H25N5O5. The molecule has 0 saturated carbocycles. The van der Waals surface area contributed by atoms with E-state index in [-0.39, 0.29) is 22.6 Å². The van der Waals surface area contributed by atoms with Gasteiger partial charge in [-0.25, -0.2) is 9.36 Å². The van der Waals surface area contributed by atoms with E-state index in [1.54, 1.807) is 68.4 Å². The molecule has 0 fully saturated rings. The fourth-order valence-corrected chi connectivity index (χ4v) is 5.24. The number of para-hydroxylation sites is 3. The number of nitro groups is 1. The average Bonchev–Trinajstić information content (AvgIpc) is 3.67. The molecule has 0 aliphatic rings. The van der Waals surface area contributed by atoms with Gasteiger partial charge in [-0.15, -0.1) is 0 Å². The van der Waals surface area contributed by atoms with Crippen LogP contribution in [0.15, 0.2) is 111 Å². The lowest BCUT2D eigenvalue weighted by atomic mass is 9.89. The van der Waals surface area contributed by atoms with Crippen molar-refractivity contribution in [1.29, 1.82) is 0 Å². The zero-order valence-electron chi connectivity index (χ0n) is 22.2. The number of furan rings is 1. The van der Waals surface area contributed by atoms with Crippen LogP contribution < -0.4 is 11.1 Å². The molecular weight excluding hydrogens is 522 g/mol. The van der Waals surface area contributed by atoms with E-state index < -0.39 is 10.8 Å². The van der Waals surface area contributed by atoms with Gasteiger partial charge in [0, 0.05) is 17.5 Å². The third kappa shape index (κ3) is 4.41. The molecule has 3 aromatic carbocycles. The van der Waals surface area contributed by atoms with Gasteiger partial charge in [0.05, 0.1) is 38.9 Å². The van der Waals surface area contributed by atoms with Gasteiger partial charge >= 0.3 is 0 Å². The van der Waals surface area contributed by atoms with E-state index in [1.165, 1.54) is 15.4 Å². The third-order valence-electron chi connectivity index (χ3n) is 7.12. The monoisotopic (exact) mass is 547 g/mol. The number of nitro benzene ring substituents is 1. The minimum absolute atomic E-state index is 0.113. The summed E-state index contributed by atoms with van der Waals surface area (Å²) in [5.41, 5.74) is 2.55. The molecule has 6 rings (SSSR count). The summed E-state index contributed by atoms with van der Waals surface area (Å²) in [6.07, 6.45) is 0. The first-order valence-corrected chi connectivity index (χ1v) is 12.9. The van der Waals surface area contributed by atoms with Crippen LogP contribution in [-0.2, 0) is 0 Å². The molecule has 2 N–H and O–H groups in total. The van der Waals surface area contributed by atoms with Gasteiger partial charge in [0.2, 0.25) is 0 Å². The molecule has 0 amide bonds. The minimum Gasteiger partial charge on any atom is -0.460 e. The van der Waals surface area contributed by atoms with Gasteiger partial charge in [0.25, 0.3) is 16.8 Å². The highest BCUT2D eigenvalue weighted by Gasteiger charge is 2.33. The quantitative estimate of drug-likeness (QED) is 0.198. The molecule has 0 radical (unpaired) electrons. The Hall–Kier alpha value is -5.64. The molecule has 3 aromatic heterocycles. The Bertz CT molecular complexity index is 1900. The Balaban J connectivity index is 1.59. The minimum atomic E-state index is -0.908. The van der Waals surface area contributed by atoms with Crippen molar-refractivity contribution in [2.24, 2.45) is 0 Å². The average molecular weight is 548 g/mol. The molecule has 0 saturated heterocycles. The molecule has 0 aliphatic carbocycles. The number of nitrogens with one attached hydrogen (secondary N) is 2. The molecule has 3 heterocycles. The molecule has 204 valence electrons. The van der Waals surface area contributed by atoms with Crippen LogP contribution in [0.5, 0.6) is 0 Å². The van der Waals surface area contributed by atoms with E-state index in [1.807, 2.05) is 36.4 Å².